The van der Waals surface area contributed by atoms with Gasteiger partial charge in [0.2, 0.25) is 0 Å². The predicted octanol–water partition coefficient (Wildman–Crippen LogP) is 2.92. The van der Waals surface area contributed by atoms with E-state index in [1.54, 1.807) is 13.8 Å². The van der Waals surface area contributed by atoms with Crippen molar-refractivity contribution in [2.24, 2.45) is 0 Å². The molecule has 0 unspecified atom stereocenters. The molecule has 0 rings (SSSR count). The van der Waals surface area contributed by atoms with Crippen molar-refractivity contribution in [3.05, 3.63) is 0 Å². The van der Waals surface area contributed by atoms with Gasteiger partial charge >= 0.3 is 7.91 Å². The van der Waals surface area contributed by atoms with Crippen molar-refractivity contribution in [1.29, 1.82) is 0 Å². The lowest BCUT2D eigenvalue weighted by atomic mass is 10.5. The molecular weight excluding hydrogens is 170 g/mol. The molecule has 0 aliphatic carbocycles. The van der Waals surface area contributed by atoms with E-state index in [9.17, 15) is 8.76 Å². The molecule has 0 bridgehead atoms. The first kappa shape index (κ1) is 11.1. The average molecular weight is 184 g/mol. The van der Waals surface area contributed by atoms with E-state index in [4.69, 9.17) is 0 Å². The Labute approximate surface area is 66.5 Å². The third-order valence-electron chi connectivity index (χ3n) is 0.899. The van der Waals surface area contributed by atoms with Gasteiger partial charge in [-0.1, -0.05) is 13.8 Å². The van der Waals surface area contributed by atoms with Crippen LogP contribution in [0.15, 0.2) is 0 Å². The third kappa shape index (κ3) is 6.48. The van der Waals surface area contributed by atoms with Crippen molar-refractivity contribution in [3.63, 3.8) is 0 Å². The van der Waals surface area contributed by atoms with Gasteiger partial charge in [0, 0.05) is 0 Å². The minimum absolute atomic E-state index is 0.136. The molecule has 0 saturated carbocycles. The summed E-state index contributed by atoms with van der Waals surface area (Å²) in [4.78, 5) is 0. The van der Waals surface area contributed by atoms with Crippen LogP contribution < -0.4 is 0 Å². The van der Waals surface area contributed by atoms with Gasteiger partial charge in [0.15, 0.2) is 0 Å². The van der Waals surface area contributed by atoms with Crippen LogP contribution in [-0.2, 0) is 13.6 Å². The number of hydrogen-bond acceptors (Lipinski definition) is 3. The first-order valence-electron chi connectivity index (χ1n) is 3.71. The molecule has 0 fully saturated rings. The van der Waals surface area contributed by atoms with Crippen LogP contribution in [0, 0.1) is 0 Å². The fourth-order valence-electron chi connectivity index (χ4n) is 0.438. The highest BCUT2D eigenvalue weighted by Gasteiger charge is 2.22. The summed E-state index contributed by atoms with van der Waals surface area (Å²) < 4.78 is 31.9. The lowest BCUT2D eigenvalue weighted by molar-refractivity contribution is 0.175. The molecule has 3 nitrogen and oxygen atoms in total. The maximum Gasteiger partial charge on any atom is 0.513 e. The van der Waals surface area contributed by atoms with Crippen LogP contribution in [0.1, 0.15) is 26.7 Å². The summed E-state index contributed by atoms with van der Waals surface area (Å²) in [7, 11) is -4.23. The summed E-state index contributed by atoms with van der Waals surface area (Å²) in [5, 5.41) is 0. The Morgan fingerprint density at radius 1 is 1.18 bits per heavy atom. The molecule has 0 aliphatic heterocycles. The Hall–Kier alpha value is 0.0800. The lowest BCUT2D eigenvalue weighted by Crippen LogP contribution is -1.93. The van der Waals surface area contributed by atoms with Gasteiger partial charge in [-0.05, 0) is 12.8 Å². The molecule has 68 valence electrons. The van der Waals surface area contributed by atoms with Gasteiger partial charge in [0.1, 0.15) is 0 Å². The van der Waals surface area contributed by atoms with Crippen LogP contribution >= 0.6 is 7.91 Å². The summed E-state index contributed by atoms with van der Waals surface area (Å²) >= 11 is 0. The molecule has 0 saturated heterocycles. The van der Waals surface area contributed by atoms with E-state index in [0.29, 0.717) is 12.8 Å². The minimum atomic E-state index is -4.23. The van der Waals surface area contributed by atoms with Crippen molar-refractivity contribution in [1.82, 2.24) is 0 Å². The van der Waals surface area contributed by atoms with Gasteiger partial charge < -0.3 is 0 Å². The SMILES string of the molecule is CCCOP(=O)(F)OCCC. The summed E-state index contributed by atoms with van der Waals surface area (Å²) in [6.07, 6.45) is 1.26. The van der Waals surface area contributed by atoms with Crippen molar-refractivity contribution >= 4 is 7.91 Å². The molecule has 0 N–H and O–H groups in total. The largest absolute Gasteiger partial charge is 0.513 e. The predicted molar refractivity (Wildman–Crippen MR) is 41.2 cm³/mol. The van der Waals surface area contributed by atoms with Crippen molar-refractivity contribution in [2.75, 3.05) is 13.2 Å². The lowest BCUT2D eigenvalue weighted by Gasteiger charge is -2.07. The highest BCUT2D eigenvalue weighted by Crippen LogP contribution is 2.49. The van der Waals surface area contributed by atoms with E-state index in [2.05, 4.69) is 9.05 Å². The Bertz CT molecular complexity index is 128. The molecule has 11 heavy (non-hydrogen) atoms. The van der Waals surface area contributed by atoms with Gasteiger partial charge in [-0.2, -0.15) is 0 Å². The third-order valence-corrected chi connectivity index (χ3v) is 1.88. The fourth-order valence-corrected chi connectivity index (χ4v) is 1.31. The monoisotopic (exact) mass is 184 g/mol. The Morgan fingerprint density at radius 3 is 1.82 bits per heavy atom. The van der Waals surface area contributed by atoms with Gasteiger partial charge in [-0.15, -0.1) is 4.20 Å². The smallest absolute Gasteiger partial charge is 0.284 e. The molecule has 0 aliphatic rings. The molecule has 0 aromatic rings. The standard InChI is InChI=1S/C6H14FO3P/c1-3-5-9-11(7,8)10-6-4-2/h3-6H2,1-2H3. The van der Waals surface area contributed by atoms with E-state index in [1.807, 2.05) is 0 Å². The maximum absolute atomic E-state index is 12.6. The van der Waals surface area contributed by atoms with E-state index in [0.717, 1.165) is 0 Å². The Morgan fingerprint density at radius 2 is 1.55 bits per heavy atom. The van der Waals surface area contributed by atoms with Gasteiger partial charge in [0.25, 0.3) is 0 Å². The maximum atomic E-state index is 12.6. The molecule has 0 aromatic heterocycles. The zero-order valence-electron chi connectivity index (χ0n) is 6.88. The Kier molecular flexibility index (Phi) is 5.74. The Balaban J connectivity index is 3.53. The molecule has 0 aromatic carbocycles. The molecule has 0 amide bonds. The molecule has 0 heterocycles. The quantitative estimate of drug-likeness (QED) is 0.595. The topological polar surface area (TPSA) is 35.5 Å². The van der Waals surface area contributed by atoms with Crippen molar-refractivity contribution in [3.8, 4) is 0 Å². The first-order chi connectivity index (χ1) is 5.12. The van der Waals surface area contributed by atoms with E-state index in [1.165, 1.54) is 0 Å². The highest BCUT2D eigenvalue weighted by molar-refractivity contribution is 7.48. The highest BCUT2D eigenvalue weighted by atomic mass is 31.2. The normalized spacial score (nSPS) is 11.9. The van der Waals surface area contributed by atoms with Crippen molar-refractivity contribution in [2.45, 2.75) is 26.7 Å². The van der Waals surface area contributed by atoms with E-state index in [-0.39, 0.29) is 13.2 Å². The molecular formula is C6H14FO3P. The average Bonchev–Trinajstić information content (AvgIpc) is 1.97. The minimum Gasteiger partial charge on any atom is -0.284 e. The van der Waals surface area contributed by atoms with Gasteiger partial charge in [-0.3, -0.25) is 9.05 Å². The number of halogens is 1. The van der Waals surface area contributed by atoms with Crippen LogP contribution in [0.5, 0.6) is 0 Å². The second-order valence-electron chi connectivity index (χ2n) is 2.10. The second-order valence-corrected chi connectivity index (χ2v) is 3.47. The number of rotatable bonds is 6. The summed E-state index contributed by atoms with van der Waals surface area (Å²) in [5.41, 5.74) is 0. The molecule has 0 spiro atoms. The van der Waals surface area contributed by atoms with E-state index < -0.39 is 7.91 Å². The fraction of sp³-hybridized carbons (Fsp3) is 1.00. The summed E-state index contributed by atoms with van der Waals surface area (Å²) in [6.45, 7) is 3.88. The zero-order chi connectivity index (χ0) is 8.74. The van der Waals surface area contributed by atoms with Crippen LogP contribution in [-0.4, -0.2) is 13.2 Å². The molecule has 0 atom stereocenters. The van der Waals surface area contributed by atoms with Crippen LogP contribution in [0.4, 0.5) is 4.20 Å². The van der Waals surface area contributed by atoms with Gasteiger partial charge in [-0.25, -0.2) is 4.57 Å². The first-order valence-corrected chi connectivity index (χ1v) is 5.14. The van der Waals surface area contributed by atoms with Crippen LogP contribution in [0.25, 0.3) is 0 Å². The zero-order valence-corrected chi connectivity index (χ0v) is 7.77. The summed E-state index contributed by atoms with van der Waals surface area (Å²) in [5.74, 6) is 0. The summed E-state index contributed by atoms with van der Waals surface area (Å²) in [6, 6.07) is 0. The van der Waals surface area contributed by atoms with Gasteiger partial charge in [0.05, 0.1) is 13.2 Å². The van der Waals surface area contributed by atoms with Crippen LogP contribution in [0.2, 0.25) is 0 Å². The number of hydrogen-bond donors (Lipinski definition) is 0. The van der Waals surface area contributed by atoms with Crippen LogP contribution in [0.3, 0.4) is 0 Å². The van der Waals surface area contributed by atoms with E-state index >= 15 is 0 Å². The van der Waals surface area contributed by atoms with Crippen molar-refractivity contribution < 1.29 is 17.8 Å². The second kappa shape index (κ2) is 5.70. The molecule has 5 heteroatoms. The molecule has 0 radical (unpaired) electrons.